The largest absolute Gasteiger partial charge is 0.355 e. The zero-order chi connectivity index (χ0) is 15.7. The van der Waals surface area contributed by atoms with Gasteiger partial charge in [-0.05, 0) is 37.0 Å². The SMILES string of the molecule is O=C(NC1CC1)C(=O)[C@H]1CNC(=O)[C@@H]1Cc1ccc(F)cc1. The predicted molar refractivity (Wildman–Crippen MR) is 76.3 cm³/mol. The molecule has 1 aliphatic heterocycles. The topological polar surface area (TPSA) is 75.3 Å². The number of carbonyl (C=O) groups excluding carboxylic acids is 3. The highest BCUT2D eigenvalue weighted by molar-refractivity contribution is 6.37. The van der Waals surface area contributed by atoms with E-state index in [0.717, 1.165) is 18.4 Å². The number of carbonyl (C=O) groups is 3. The minimum absolute atomic E-state index is 0.108. The van der Waals surface area contributed by atoms with Gasteiger partial charge in [0.25, 0.3) is 5.91 Å². The van der Waals surface area contributed by atoms with Crippen molar-refractivity contribution in [2.75, 3.05) is 6.54 Å². The molecule has 2 fully saturated rings. The summed E-state index contributed by atoms with van der Waals surface area (Å²) >= 11 is 0. The van der Waals surface area contributed by atoms with Gasteiger partial charge in [-0.2, -0.15) is 0 Å². The lowest BCUT2D eigenvalue weighted by atomic mass is 9.86. The molecule has 0 aromatic heterocycles. The van der Waals surface area contributed by atoms with Crippen molar-refractivity contribution in [3.63, 3.8) is 0 Å². The Kier molecular flexibility index (Phi) is 3.92. The van der Waals surface area contributed by atoms with Crippen LogP contribution in [0.2, 0.25) is 0 Å². The molecule has 116 valence electrons. The minimum Gasteiger partial charge on any atom is -0.355 e. The molecule has 2 aliphatic rings. The van der Waals surface area contributed by atoms with E-state index in [0.29, 0.717) is 6.42 Å². The molecule has 3 rings (SSSR count). The fourth-order valence-electron chi connectivity index (χ4n) is 2.70. The first kappa shape index (κ1) is 14.7. The first-order valence-electron chi connectivity index (χ1n) is 7.41. The summed E-state index contributed by atoms with van der Waals surface area (Å²) in [6, 6.07) is 5.92. The third-order valence-corrected chi connectivity index (χ3v) is 4.16. The zero-order valence-corrected chi connectivity index (χ0v) is 12.0. The average molecular weight is 304 g/mol. The van der Waals surface area contributed by atoms with Crippen LogP contribution in [0.4, 0.5) is 4.39 Å². The van der Waals surface area contributed by atoms with Crippen molar-refractivity contribution in [1.82, 2.24) is 10.6 Å². The molecular formula is C16H17FN2O3. The Morgan fingerprint density at radius 1 is 1.23 bits per heavy atom. The van der Waals surface area contributed by atoms with Gasteiger partial charge in [0.15, 0.2) is 0 Å². The van der Waals surface area contributed by atoms with Crippen molar-refractivity contribution >= 4 is 17.6 Å². The van der Waals surface area contributed by atoms with Gasteiger partial charge >= 0.3 is 0 Å². The monoisotopic (exact) mass is 304 g/mol. The molecule has 2 atom stereocenters. The lowest BCUT2D eigenvalue weighted by Gasteiger charge is -2.15. The molecule has 2 amide bonds. The van der Waals surface area contributed by atoms with E-state index in [1.807, 2.05) is 0 Å². The fraction of sp³-hybridized carbons (Fsp3) is 0.438. The van der Waals surface area contributed by atoms with Gasteiger partial charge in [-0.1, -0.05) is 12.1 Å². The molecule has 1 saturated carbocycles. The molecule has 1 aromatic rings. The number of benzene rings is 1. The Labute approximate surface area is 127 Å². The molecule has 1 saturated heterocycles. The van der Waals surface area contributed by atoms with E-state index in [4.69, 9.17) is 0 Å². The molecule has 0 bridgehead atoms. The zero-order valence-electron chi connectivity index (χ0n) is 12.0. The lowest BCUT2D eigenvalue weighted by molar-refractivity contribution is -0.141. The maximum absolute atomic E-state index is 12.9. The molecule has 1 heterocycles. The first-order chi connectivity index (χ1) is 10.5. The highest BCUT2D eigenvalue weighted by Gasteiger charge is 2.42. The van der Waals surface area contributed by atoms with E-state index in [-0.39, 0.29) is 24.3 Å². The number of hydrogen-bond acceptors (Lipinski definition) is 3. The van der Waals surface area contributed by atoms with E-state index < -0.39 is 23.5 Å². The number of Topliss-reactive ketones (excluding diaryl/α,β-unsaturated/α-hetero) is 1. The maximum atomic E-state index is 12.9. The number of amides is 2. The van der Waals surface area contributed by atoms with Gasteiger partial charge in [-0.25, -0.2) is 4.39 Å². The fourth-order valence-corrected chi connectivity index (χ4v) is 2.70. The Balaban J connectivity index is 1.69. The van der Waals surface area contributed by atoms with Crippen molar-refractivity contribution in [3.8, 4) is 0 Å². The Hall–Kier alpha value is -2.24. The summed E-state index contributed by atoms with van der Waals surface area (Å²) in [6.07, 6.45) is 2.12. The summed E-state index contributed by atoms with van der Waals surface area (Å²) in [7, 11) is 0. The smallest absolute Gasteiger partial charge is 0.287 e. The Morgan fingerprint density at radius 3 is 2.55 bits per heavy atom. The van der Waals surface area contributed by atoms with E-state index >= 15 is 0 Å². The predicted octanol–water partition coefficient (Wildman–Crippen LogP) is 0.578. The normalized spacial score (nSPS) is 24.0. The molecule has 1 aromatic carbocycles. The van der Waals surface area contributed by atoms with Crippen LogP contribution in [-0.2, 0) is 20.8 Å². The molecule has 2 N–H and O–H groups in total. The van der Waals surface area contributed by atoms with Crippen LogP contribution in [0.1, 0.15) is 18.4 Å². The van der Waals surface area contributed by atoms with Crippen LogP contribution in [0, 0.1) is 17.7 Å². The summed E-state index contributed by atoms with van der Waals surface area (Å²) < 4.78 is 12.9. The van der Waals surface area contributed by atoms with Crippen molar-refractivity contribution in [2.45, 2.75) is 25.3 Å². The molecule has 1 aliphatic carbocycles. The molecule has 6 heteroatoms. The highest BCUT2D eigenvalue weighted by Crippen LogP contribution is 2.25. The summed E-state index contributed by atoms with van der Waals surface area (Å²) in [5.74, 6) is -2.97. The molecule has 5 nitrogen and oxygen atoms in total. The summed E-state index contributed by atoms with van der Waals surface area (Å²) in [5.41, 5.74) is 0.767. The number of ketones is 1. The highest BCUT2D eigenvalue weighted by atomic mass is 19.1. The third kappa shape index (κ3) is 3.16. The van der Waals surface area contributed by atoms with E-state index in [1.54, 1.807) is 12.1 Å². The van der Waals surface area contributed by atoms with Crippen LogP contribution in [0.5, 0.6) is 0 Å². The van der Waals surface area contributed by atoms with Gasteiger partial charge in [0.1, 0.15) is 5.82 Å². The second-order valence-electron chi connectivity index (χ2n) is 5.90. The summed E-state index contributed by atoms with van der Waals surface area (Å²) in [6.45, 7) is 0.182. The summed E-state index contributed by atoms with van der Waals surface area (Å²) in [5, 5.41) is 5.30. The number of hydrogen-bond donors (Lipinski definition) is 2. The van der Waals surface area contributed by atoms with Crippen LogP contribution in [0.15, 0.2) is 24.3 Å². The number of nitrogens with one attached hydrogen (secondary N) is 2. The second kappa shape index (κ2) is 5.87. The lowest BCUT2D eigenvalue weighted by Crippen LogP contribution is -2.39. The van der Waals surface area contributed by atoms with Crippen LogP contribution < -0.4 is 10.6 Å². The average Bonchev–Trinajstić information content (AvgIpc) is 3.24. The Bertz CT molecular complexity index is 610. The van der Waals surface area contributed by atoms with Gasteiger partial charge in [0.2, 0.25) is 11.7 Å². The van der Waals surface area contributed by atoms with Crippen molar-refractivity contribution in [3.05, 3.63) is 35.6 Å². The standard InChI is InChI=1S/C16H17FN2O3/c17-10-3-1-9(2-4-10)7-12-13(8-18-15(12)21)14(20)16(22)19-11-5-6-11/h1-4,11-13H,5-8H2,(H,18,21)(H,19,22)/t12-,13+/m1/s1. The van der Waals surface area contributed by atoms with Crippen molar-refractivity contribution < 1.29 is 18.8 Å². The van der Waals surface area contributed by atoms with E-state index in [9.17, 15) is 18.8 Å². The minimum atomic E-state index is -0.656. The molecule has 0 unspecified atom stereocenters. The molecule has 22 heavy (non-hydrogen) atoms. The van der Waals surface area contributed by atoms with Gasteiger partial charge in [-0.3, -0.25) is 14.4 Å². The van der Waals surface area contributed by atoms with Crippen LogP contribution in [0.25, 0.3) is 0 Å². The quantitative estimate of drug-likeness (QED) is 0.781. The van der Waals surface area contributed by atoms with Crippen LogP contribution in [-0.4, -0.2) is 30.2 Å². The van der Waals surface area contributed by atoms with Gasteiger partial charge in [0.05, 0.1) is 11.8 Å². The molecular weight excluding hydrogens is 287 g/mol. The van der Waals surface area contributed by atoms with Gasteiger partial charge in [-0.15, -0.1) is 0 Å². The van der Waals surface area contributed by atoms with Gasteiger partial charge < -0.3 is 10.6 Å². The Morgan fingerprint density at radius 2 is 1.91 bits per heavy atom. The van der Waals surface area contributed by atoms with E-state index in [2.05, 4.69) is 10.6 Å². The van der Waals surface area contributed by atoms with Crippen molar-refractivity contribution in [1.29, 1.82) is 0 Å². The van der Waals surface area contributed by atoms with Crippen molar-refractivity contribution in [2.24, 2.45) is 11.8 Å². The number of rotatable bonds is 5. The maximum Gasteiger partial charge on any atom is 0.287 e. The first-order valence-corrected chi connectivity index (χ1v) is 7.41. The second-order valence-corrected chi connectivity index (χ2v) is 5.90. The third-order valence-electron chi connectivity index (χ3n) is 4.16. The van der Waals surface area contributed by atoms with Crippen LogP contribution in [0.3, 0.4) is 0 Å². The summed E-state index contributed by atoms with van der Waals surface area (Å²) in [4.78, 5) is 36.1. The van der Waals surface area contributed by atoms with E-state index in [1.165, 1.54) is 12.1 Å². The molecule has 0 radical (unpaired) electrons. The van der Waals surface area contributed by atoms with Gasteiger partial charge in [0, 0.05) is 12.6 Å². The molecule has 0 spiro atoms. The van der Waals surface area contributed by atoms with Crippen LogP contribution >= 0.6 is 0 Å². The number of halogens is 1.